The van der Waals surface area contributed by atoms with Crippen LogP contribution in [0.25, 0.3) is 10.7 Å². The first-order valence-corrected chi connectivity index (χ1v) is 7.50. The van der Waals surface area contributed by atoms with Crippen LogP contribution in [0.3, 0.4) is 0 Å². The normalized spacial score (nSPS) is 10.0. The van der Waals surface area contributed by atoms with Gasteiger partial charge in [0.05, 0.1) is 12.2 Å². The zero-order valence-electron chi connectivity index (χ0n) is 11.9. The van der Waals surface area contributed by atoms with Crippen LogP contribution in [0.5, 0.6) is 5.75 Å². The second kappa shape index (κ2) is 7.38. The lowest BCUT2D eigenvalue weighted by molar-refractivity contribution is 0.160. The molecule has 114 valence electrons. The monoisotopic (exact) mass is 318 g/mol. The summed E-state index contributed by atoms with van der Waals surface area (Å²) in [6.07, 6.45) is 2.53. The Kier molecular flexibility index (Phi) is 5.27. The first-order valence-electron chi connectivity index (χ1n) is 6.62. The van der Waals surface area contributed by atoms with Crippen molar-refractivity contribution in [3.63, 3.8) is 0 Å². The molecule has 2 aromatic rings. The second-order valence-corrected chi connectivity index (χ2v) is 5.21. The minimum absolute atomic E-state index is 0.134. The van der Waals surface area contributed by atoms with E-state index in [1.54, 1.807) is 5.38 Å². The maximum Gasteiger partial charge on any atom is 0.412 e. The molecule has 2 heterocycles. The number of carbonyl (C=O) groups is 1. The quantitative estimate of drug-likeness (QED) is 0.820. The number of rotatable bonds is 5. The highest BCUT2D eigenvalue weighted by atomic mass is 32.1. The maximum atomic E-state index is 11.5. The number of unbranched alkanes of at least 4 members (excludes halogenated alkanes) is 1. The predicted octanol–water partition coefficient (Wildman–Crippen LogP) is 3.13. The number of thiazole rings is 1. The van der Waals surface area contributed by atoms with Gasteiger partial charge in [-0.15, -0.1) is 11.3 Å². The standard InChI is InChI=1S/C14H14N4O3S/c1-2-3-4-21-14(20)18-11-8-22-13(17-11)12-10(19)5-9(6-15)7-16-12/h5,7-8,19H,2-4H2,1H3,(H,18,20). The smallest absolute Gasteiger partial charge is 0.412 e. The summed E-state index contributed by atoms with van der Waals surface area (Å²) in [7, 11) is 0. The zero-order chi connectivity index (χ0) is 15.9. The Morgan fingerprint density at radius 1 is 1.59 bits per heavy atom. The van der Waals surface area contributed by atoms with E-state index in [9.17, 15) is 9.90 Å². The van der Waals surface area contributed by atoms with Gasteiger partial charge in [-0.25, -0.2) is 14.8 Å². The van der Waals surface area contributed by atoms with Crippen molar-refractivity contribution in [2.75, 3.05) is 11.9 Å². The van der Waals surface area contributed by atoms with Crippen LogP contribution in [0.2, 0.25) is 0 Å². The third kappa shape index (κ3) is 3.93. The van der Waals surface area contributed by atoms with Crippen molar-refractivity contribution in [3.8, 4) is 22.5 Å². The molecule has 0 radical (unpaired) electrons. The van der Waals surface area contributed by atoms with Gasteiger partial charge in [0.25, 0.3) is 0 Å². The van der Waals surface area contributed by atoms with Gasteiger partial charge < -0.3 is 9.84 Å². The Balaban J connectivity index is 2.05. The number of aromatic nitrogens is 2. The number of nitriles is 1. The average molecular weight is 318 g/mol. The number of carbonyl (C=O) groups excluding carboxylic acids is 1. The molecule has 2 N–H and O–H groups in total. The van der Waals surface area contributed by atoms with E-state index in [-0.39, 0.29) is 17.0 Å². The number of pyridine rings is 1. The molecule has 7 nitrogen and oxygen atoms in total. The summed E-state index contributed by atoms with van der Waals surface area (Å²) >= 11 is 1.21. The SMILES string of the molecule is CCCCOC(=O)Nc1csc(-c2ncc(C#N)cc2O)n1. The van der Waals surface area contributed by atoms with Gasteiger partial charge in [0.15, 0.2) is 0 Å². The minimum atomic E-state index is -0.567. The summed E-state index contributed by atoms with van der Waals surface area (Å²) in [6.45, 7) is 2.36. The highest BCUT2D eigenvalue weighted by molar-refractivity contribution is 7.13. The van der Waals surface area contributed by atoms with Crippen LogP contribution in [0.1, 0.15) is 25.3 Å². The molecule has 0 saturated heterocycles. The van der Waals surface area contributed by atoms with Crippen molar-refractivity contribution in [3.05, 3.63) is 23.2 Å². The van der Waals surface area contributed by atoms with Gasteiger partial charge in [0.1, 0.15) is 28.3 Å². The molecule has 0 spiro atoms. The lowest BCUT2D eigenvalue weighted by Crippen LogP contribution is -2.14. The summed E-state index contributed by atoms with van der Waals surface area (Å²) < 4.78 is 4.97. The van der Waals surface area contributed by atoms with Gasteiger partial charge in [-0.2, -0.15) is 5.26 Å². The number of hydrogen-bond donors (Lipinski definition) is 2. The summed E-state index contributed by atoms with van der Waals surface area (Å²) in [5.41, 5.74) is 0.520. The van der Waals surface area contributed by atoms with Crippen LogP contribution in [0.15, 0.2) is 17.6 Å². The third-order valence-corrected chi connectivity index (χ3v) is 3.51. The Morgan fingerprint density at radius 2 is 2.41 bits per heavy atom. The van der Waals surface area contributed by atoms with Crippen LogP contribution in [0.4, 0.5) is 10.6 Å². The van der Waals surface area contributed by atoms with Gasteiger partial charge >= 0.3 is 6.09 Å². The molecule has 2 rings (SSSR count). The van der Waals surface area contributed by atoms with E-state index in [1.807, 2.05) is 13.0 Å². The van der Waals surface area contributed by atoms with E-state index in [1.165, 1.54) is 23.6 Å². The summed E-state index contributed by atoms with van der Waals surface area (Å²) in [5, 5.41) is 23.2. The average Bonchev–Trinajstić information content (AvgIpc) is 2.95. The summed E-state index contributed by atoms with van der Waals surface area (Å²) in [5.74, 6) is 0.192. The molecule has 8 heteroatoms. The molecule has 0 bridgehead atoms. The molecule has 22 heavy (non-hydrogen) atoms. The van der Waals surface area contributed by atoms with Crippen LogP contribution < -0.4 is 5.32 Å². The largest absolute Gasteiger partial charge is 0.506 e. The fourth-order valence-electron chi connectivity index (χ4n) is 1.57. The van der Waals surface area contributed by atoms with Crippen LogP contribution in [-0.2, 0) is 4.74 Å². The Hall–Kier alpha value is -2.66. The van der Waals surface area contributed by atoms with Crippen molar-refractivity contribution in [1.82, 2.24) is 9.97 Å². The van der Waals surface area contributed by atoms with Crippen molar-refractivity contribution in [2.45, 2.75) is 19.8 Å². The second-order valence-electron chi connectivity index (χ2n) is 4.36. The zero-order valence-corrected chi connectivity index (χ0v) is 12.7. The Bertz CT molecular complexity index is 708. The third-order valence-electron chi connectivity index (χ3n) is 2.66. The number of anilines is 1. The fourth-order valence-corrected chi connectivity index (χ4v) is 2.32. The van der Waals surface area contributed by atoms with E-state index >= 15 is 0 Å². The fraction of sp³-hybridized carbons (Fsp3) is 0.286. The highest BCUT2D eigenvalue weighted by Crippen LogP contribution is 2.31. The van der Waals surface area contributed by atoms with Gasteiger partial charge in [0, 0.05) is 17.6 Å². The molecule has 2 aromatic heterocycles. The number of aromatic hydroxyl groups is 1. The van der Waals surface area contributed by atoms with Crippen molar-refractivity contribution in [2.24, 2.45) is 0 Å². The van der Waals surface area contributed by atoms with Crippen molar-refractivity contribution >= 4 is 23.2 Å². The van der Waals surface area contributed by atoms with Gasteiger partial charge in [-0.05, 0) is 6.42 Å². The topological polar surface area (TPSA) is 108 Å². The molecule has 1 amide bonds. The molecule has 0 fully saturated rings. The van der Waals surface area contributed by atoms with Crippen molar-refractivity contribution < 1.29 is 14.6 Å². The molecule has 0 aliphatic heterocycles. The summed E-state index contributed by atoms with van der Waals surface area (Å²) in [6, 6.07) is 3.20. The predicted molar refractivity (Wildman–Crippen MR) is 81.6 cm³/mol. The lowest BCUT2D eigenvalue weighted by atomic mass is 10.2. The molecule has 0 saturated carbocycles. The van der Waals surface area contributed by atoms with Gasteiger partial charge in [-0.1, -0.05) is 13.3 Å². The Labute approximate surface area is 131 Å². The van der Waals surface area contributed by atoms with E-state index in [0.29, 0.717) is 17.4 Å². The molecule has 0 aromatic carbocycles. The number of ether oxygens (including phenoxy) is 1. The summed E-state index contributed by atoms with van der Waals surface area (Å²) in [4.78, 5) is 19.7. The maximum absolute atomic E-state index is 11.5. The van der Waals surface area contributed by atoms with E-state index in [4.69, 9.17) is 10.00 Å². The van der Waals surface area contributed by atoms with Crippen LogP contribution >= 0.6 is 11.3 Å². The lowest BCUT2D eigenvalue weighted by Gasteiger charge is -2.03. The van der Waals surface area contributed by atoms with Crippen LogP contribution in [0, 0.1) is 11.3 Å². The highest BCUT2D eigenvalue weighted by Gasteiger charge is 2.13. The first-order chi connectivity index (χ1) is 10.6. The molecule has 0 unspecified atom stereocenters. The molecule has 0 aliphatic rings. The molecular formula is C14H14N4O3S. The van der Waals surface area contributed by atoms with Gasteiger partial charge in [0.2, 0.25) is 0 Å². The van der Waals surface area contributed by atoms with E-state index in [2.05, 4.69) is 15.3 Å². The number of amides is 1. The first kappa shape index (κ1) is 15.7. The number of nitrogens with zero attached hydrogens (tertiary/aromatic N) is 3. The number of nitrogens with one attached hydrogen (secondary N) is 1. The molecular weight excluding hydrogens is 304 g/mol. The Morgan fingerprint density at radius 3 is 3.09 bits per heavy atom. The van der Waals surface area contributed by atoms with Crippen molar-refractivity contribution in [1.29, 1.82) is 5.26 Å². The molecule has 0 atom stereocenters. The van der Waals surface area contributed by atoms with Crippen LogP contribution in [-0.4, -0.2) is 27.8 Å². The van der Waals surface area contributed by atoms with Gasteiger partial charge in [-0.3, -0.25) is 5.32 Å². The minimum Gasteiger partial charge on any atom is -0.506 e. The molecule has 0 aliphatic carbocycles. The van der Waals surface area contributed by atoms with E-state index in [0.717, 1.165) is 12.8 Å². The van der Waals surface area contributed by atoms with E-state index < -0.39 is 6.09 Å². The number of hydrogen-bond acceptors (Lipinski definition) is 7.